The Morgan fingerprint density at radius 1 is 0.600 bits per heavy atom. The Balaban J connectivity index is 1.35. The molecule has 0 amide bonds. The van der Waals surface area contributed by atoms with Gasteiger partial charge in [-0.25, -0.2) is 0 Å². The van der Waals surface area contributed by atoms with E-state index in [0.29, 0.717) is 13.2 Å². The van der Waals surface area contributed by atoms with Crippen molar-refractivity contribution in [3.63, 3.8) is 0 Å². The van der Waals surface area contributed by atoms with Gasteiger partial charge in [-0.1, -0.05) is 50.1 Å². The molecule has 0 aliphatic rings. The number of rotatable bonds is 13. The quantitative estimate of drug-likeness (QED) is 0.338. The topological polar surface area (TPSA) is 39.7 Å². The van der Waals surface area contributed by atoms with Crippen LogP contribution in [0, 0.1) is 0 Å². The summed E-state index contributed by atoms with van der Waals surface area (Å²) in [6, 6.07) is 26.0. The van der Waals surface area contributed by atoms with Gasteiger partial charge in [-0.05, 0) is 60.5 Å². The number of anilines is 1. The summed E-state index contributed by atoms with van der Waals surface area (Å²) in [5, 5.41) is 3.44. The van der Waals surface area contributed by atoms with Gasteiger partial charge < -0.3 is 19.5 Å². The van der Waals surface area contributed by atoms with Crippen LogP contribution in [0.5, 0.6) is 17.2 Å². The van der Waals surface area contributed by atoms with Crippen LogP contribution in [-0.4, -0.2) is 19.8 Å². The second-order valence-corrected chi connectivity index (χ2v) is 7.09. The zero-order chi connectivity index (χ0) is 20.9. The molecule has 30 heavy (non-hydrogen) atoms. The Morgan fingerprint density at radius 2 is 1.17 bits per heavy atom. The molecule has 158 valence electrons. The van der Waals surface area contributed by atoms with Gasteiger partial charge in [-0.15, -0.1) is 0 Å². The molecule has 0 saturated carbocycles. The van der Waals surface area contributed by atoms with Gasteiger partial charge in [0.2, 0.25) is 0 Å². The van der Waals surface area contributed by atoms with Crippen LogP contribution in [0.1, 0.15) is 31.7 Å². The molecule has 0 aromatic heterocycles. The third-order valence-corrected chi connectivity index (χ3v) is 4.65. The van der Waals surface area contributed by atoms with Crippen molar-refractivity contribution in [1.29, 1.82) is 0 Å². The Kier molecular flexibility index (Phi) is 8.93. The standard InChI is InChI=1S/C26H31NO3/c1-2-3-7-18-28-25-14-10-22(11-15-25)21-27-23-12-16-26(17-13-23)30-20-19-29-24-8-5-4-6-9-24/h4-6,8-17,27H,2-3,7,18-21H2,1H3. The van der Waals surface area contributed by atoms with Gasteiger partial charge in [0.15, 0.2) is 0 Å². The minimum atomic E-state index is 0.508. The molecule has 3 aromatic carbocycles. The third-order valence-electron chi connectivity index (χ3n) is 4.65. The van der Waals surface area contributed by atoms with Crippen LogP contribution in [-0.2, 0) is 6.54 Å². The highest BCUT2D eigenvalue weighted by Gasteiger charge is 1.99. The Morgan fingerprint density at radius 3 is 1.80 bits per heavy atom. The van der Waals surface area contributed by atoms with Crippen molar-refractivity contribution in [1.82, 2.24) is 0 Å². The molecule has 3 aromatic rings. The lowest BCUT2D eigenvalue weighted by Gasteiger charge is -2.11. The van der Waals surface area contributed by atoms with E-state index in [1.165, 1.54) is 18.4 Å². The largest absolute Gasteiger partial charge is 0.494 e. The first-order valence-electron chi connectivity index (χ1n) is 10.7. The molecule has 1 N–H and O–H groups in total. The molecule has 0 spiro atoms. The molecular weight excluding hydrogens is 374 g/mol. The van der Waals surface area contributed by atoms with Crippen molar-refractivity contribution in [2.45, 2.75) is 32.7 Å². The lowest BCUT2D eigenvalue weighted by atomic mass is 10.2. The smallest absolute Gasteiger partial charge is 0.122 e. The fourth-order valence-electron chi connectivity index (χ4n) is 2.95. The molecule has 3 rings (SSSR count). The highest BCUT2D eigenvalue weighted by atomic mass is 16.5. The SMILES string of the molecule is CCCCCOc1ccc(CNc2ccc(OCCOc3ccccc3)cc2)cc1. The number of benzene rings is 3. The van der Waals surface area contributed by atoms with Crippen LogP contribution in [0.4, 0.5) is 5.69 Å². The van der Waals surface area contributed by atoms with Gasteiger partial charge >= 0.3 is 0 Å². The van der Waals surface area contributed by atoms with Crippen molar-refractivity contribution < 1.29 is 14.2 Å². The van der Waals surface area contributed by atoms with E-state index in [1.807, 2.05) is 66.7 Å². The van der Waals surface area contributed by atoms with E-state index in [2.05, 4.69) is 24.4 Å². The third kappa shape index (κ3) is 7.70. The molecular formula is C26H31NO3. The molecule has 0 heterocycles. The van der Waals surface area contributed by atoms with Gasteiger partial charge in [-0.2, -0.15) is 0 Å². The summed E-state index contributed by atoms with van der Waals surface area (Å²) < 4.78 is 17.1. The first-order valence-corrected chi connectivity index (χ1v) is 10.7. The maximum atomic E-state index is 5.76. The summed E-state index contributed by atoms with van der Waals surface area (Å²) in [4.78, 5) is 0. The first-order chi connectivity index (χ1) is 14.8. The average Bonchev–Trinajstić information content (AvgIpc) is 2.80. The van der Waals surface area contributed by atoms with Gasteiger partial charge in [0.05, 0.1) is 6.61 Å². The Labute approximate surface area is 179 Å². The van der Waals surface area contributed by atoms with Crippen molar-refractivity contribution in [3.8, 4) is 17.2 Å². The normalized spacial score (nSPS) is 10.4. The number of unbranched alkanes of at least 4 members (excludes halogenated alkanes) is 2. The lowest BCUT2D eigenvalue weighted by Crippen LogP contribution is -2.08. The van der Waals surface area contributed by atoms with Crippen LogP contribution in [0.15, 0.2) is 78.9 Å². The molecule has 0 bridgehead atoms. The van der Waals surface area contributed by atoms with E-state index in [0.717, 1.165) is 42.5 Å². The molecule has 4 heteroatoms. The molecule has 0 atom stereocenters. The van der Waals surface area contributed by atoms with E-state index < -0.39 is 0 Å². The van der Waals surface area contributed by atoms with Crippen LogP contribution < -0.4 is 19.5 Å². The summed E-state index contributed by atoms with van der Waals surface area (Å²) in [6.45, 7) is 4.78. The molecule has 0 radical (unpaired) electrons. The Hall–Kier alpha value is -3.14. The average molecular weight is 406 g/mol. The van der Waals surface area contributed by atoms with E-state index in [-0.39, 0.29) is 0 Å². The van der Waals surface area contributed by atoms with Gasteiger partial charge in [0.25, 0.3) is 0 Å². The Bertz CT molecular complexity index is 832. The van der Waals surface area contributed by atoms with Crippen molar-refractivity contribution >= 4 is 5.69 Å². The predicted octanol–water partition coefficient (Wildman–Crippen LogP) is 6.33. The first kappa shape index (κ1) is 21.6. The summed E-state index contributed by atoms with van der Waals surface area (Å²) in [5.41, 5.74) is 2.28. The summed E-state index contributed by atoms with van der Waals surface area (Å²) in [5.74, 6) is 2.63. The summed E-state index contributed by atoms with van der Waals surface area (Å²) in [7, 11) is 0. The number of hydrogen-bond acceptors (Lipinski definition) is 4. The summed E-state index contributed by atoms with van der Waals surface area (Å²) in [6.07, 6.45) is 3.54. The predicted molar refractivity (Wildman–Crippen MR) is 123 cm³/mol. The van der Waals surface area contributed by atoms with Crippen LogP contribution in [0.3, 0.4) is 0 Å². The van der Waals surface area contributed by atoms with Crippen LogP contribution >= 0.6 is 0 Å². The number of hydrogen-bond donors (Lipinski definition) is 1. The molecule has 4 nitrogen and oxygen atoms in total. The molecule has 0 aliphatic heterocycles. The maximum absolute atomic E-state index is 5.76. The number of ether oxygens (including phenoxy) is 3. The van der Waals surface area contributed by atoms with Gasteiger partial charge in [0, 0.05) is 12.2 Å². The zero-order valence-electron chi connectivity index (χ0n) is 17.7. The van der Waals surface area contributed by atoms with Gasteiger partial charge in [0.1, 0.15) is 30.5 Å². The van der Waals surface area contributed by atoms with Crippen molar-refractivity contribution in [2.75, 3.05) is 25.1 Å². The monoisotopic (exact) mass is 405 g/mol. The van der Waals surface area contributed by atoms with Crippen LogP contribution in [0.25, 0.3) is 0 Å². The van der Waals surface area contributed by atoms with E-state index >= 15 is 0 Å². The van der Waals surface area contributed by atoms with Crippen LogP contribution in [0.2, 0.25) is 0 Å². The van der Waals surface area contributed by atoms with E-state index in [4.69, 9.17) is 14.2 Å². The lowest BCUT2D eigenvalue weighted by molar-refractivity contribution is 0.217. The van der Waals surface area contributed by atoms with E-state index in [9.17, 15) is 0 Å². The molecule has 0 aliphatic carbocycles. The molecule has 0 unspecified atom stereocenters. The number of nitrogens with one attached hydrogen (secondary N) is 1. The van der Waals surface area contributed by atoms with Gasteiger partial charge in [-0.3, -0.25) is 0 Å². The summed E-state index contributed by atoms with van der Waals surface area (Å²) >= 11 is 0. The fourth-order valence-corrected chi connectivity index (χ4v) is 2.95. The maximum Gasteiger partial charge on any atom is 0.122 e. The highest BCUT2D eigenvalue weighted by Crippen LogP contribution is 2.18. The van der Waals surface area contributed by atoms with Crippen molar-refractivity contribution in [2.24, 2.45) is 0 Å². The van der Waals surface area contributed by atoms with E-state index in [1.54, 1.807) is 0 Å². The highest BCUT2D eigenvalue weighted by molar-refractivity contribution is 5.47. The fraction of sp³-hybridized carbons (Fsp3) is 0.308. The zero-order valence-corrected chi connectivity index (χ0v) is 17.7. The van der Waals surface area contributed by atoms with Crippen molar-refractivity contribution in [3.05, 3.63) is 84.4 Å². The molecule has 0 fully saturated rings. The second kappa shape index (κ2) is 12.4. The minimum Gasteiger partial charge on any atom is -0.494 e. The minimum absolute atomic E-state index is 0.508. The number of para-hydroxylation sites is 1. The second-order valence-electron chi connectivity index (χ2n) is 7.09. The molecule has 0 saturated heterocycles.